The second kappa shape index (κ2) is 5.29. The Morgan fingerprint density at radius 2 is 2.14 bits per heavy atom. The molecular formula is C17H17ClN4. The standard InChI is InChI=1S/C17H17ClN4/c1-11-2-3-13-15(5-7-19-17(13)16(11)18)22-9-6-12(10-22)14-4-8-20-21-14/h2-5,7-8,12H,6,9-10H2,1H3,(H,20,21). The smallest absolute Gasteiger partial charge is 0.0911 e. The molecule has 1 atom stereocenters. The molecule has 1 N–H and O–H groups in total. The van der Waals surface area contributed by atoms with Crippen LogP contribution < -0.4 is 4.90 Å². The molecule has 1 aromatic carbocycles. The number of aromatic amines is 1. The van der Waals surface area contributed by atoms with Crippen LogP contribution in [0.2, 0.25) is 5.02 Å². The topological polar surface area (TPSA) is 44.8 Å². The van der Waals surface area contributed by atoms with E-state index < -0.39 is 0 Å². The van der Waals surface area contributed by atoms with Crippen molar-refractivity contribution in [2.24, 2.45) is 0 Å². The average molecular weight is 313 g/mol. The molecule has 1 fully saturated rings. The number of fused-ring (bicyclic) bond motifs is 1. The van der Waals surface area contributed by atoms with E-state index in [1.807, 2.05) is 19.3 Å². The maximum atomic E-state index is 6.42. The first-order chi connectivity index (χ1) is 10.7. The van der Waals surface area contributed by atoms with Crippen molar-refractivity contribution in [2.75, 3.05) is 18.0 Å². The van der Waals surface area contributed by atoms with Gasteiger partial charge in [0.1, 0.15) is 0 Å². The van der Waals surface area contributed by atoms with Crippen LogP contribution in [-0.4, -0.2) is 28.3 Å². The molecule has 112 valence electrons. The molecule has 1 unspecified atom stereocenters. The van der Waals surface area contributed by atoms with Gasteiger partial charge in [-0.2, -0.15) is 5.10 Å². The highest BCUT2D eigenvalue weighted by molar-refractivity contribution is 6.36. The molecule has 2 aromatic heterocycles. The summed E-state index contributed by atoms with van der Waals surface area (Å²) < 4.78 is 0. The van der Waals surface area contributed by atoms with Crippen LogP contribution in [0.3, 0.4) is 0 Å². The van der Waals surface area contributed by atoms with Crippen LogP contribution in [0.4, 0.5) is 5.69 Å². The molecule has 0 bridgehead atoms. The number of nitrogens with one attached hydrogen (secondary N) is 1. The summed E-state index contributed by atoms with van der Waals surface area (Å²) in [6.07, 6.45) is 4.81. The monoisotopic (exact) mass is 312 g/mol. The highest BCUT2D eigenvalue weighted by atomic mass is 35.5. The Hall–Kier alpha value is -2.07. The SMILES string of the molecule is Cc1ccc2c(N3CCC(c4ccn[nH]4)C3)ccnc2c1Cl. The predicted molar refractivity (Wildman–Crippen MR) is 89.6 cm³/mol. The molecule has 3 heterocycles. The Balaban J connectivity index is 1.72. The van der Waals surface area contributed by atoms with Crippen LogP contribution in [0, 0.1) is 6.92 Å². The van der Waals surface area contributed by atoms with Gasteiger partial charge in [-0.15, -0.1) is 0 Å². The minimum Gasteiger partial charge on any atom is -0.370 e. The first kappa shape index (κ1) is 13.6. The van der Waals surface area contributed by atoms with Crippen LogP contribution >= 0.6 is 11.6 Å². The molecule has 0 amide bonds. The van der Waals surface area contributed by atoms with Gasteiger partial charge in [0.05, 0.1) is 10.5 Å². The number of H-pyrrole nitrogens is 1. The van der Waals surface area contributed by atoms with Crippen LogP contribution in [0.5, 0.6) is 0 Å². The zero-order chi connectivity index (χ0) is 15.1. The molecule has 0 radical (unpaired) electrons. The predicted octanol–water partition coefficient (Wildman–Crippen LogP) is 3.91. The lowest BCUT2D eigenvalue weighted by Crippen LogP contribution is -2.19. The summed E-state index contributed by atoms with van der Waals surface area (Å²) in [5, 5.41) is 9.04. The second-order valence-corrected chi connectivity index (χ2v) is 6.24. The quantitative estimate of drug-likeness (QED) is 0.780. The summed E-state index contributed by atoms with van der Waals surface area (Å²) in [7, 11) is 0. The van der Waals surface area contributed by atoms with E-state index in [9.17, 15) is 0 Å². The van der Waals surface area contributed by atoms with E-state index >= 15 is 0 Å². The fourth-order valence-corrected chi connectivity index (χ4v) is 3.49. The number of nitrogens with zero attached hydrogens (tertiary/aromatic N) is 3. The largest absolute Gasteiger partial charge is 0.370 e. The summed E-state index contributed by atoms with van der Waals surface area (Å²) in [6, 6.07) is 8.35. The van der Waals surface area contributed by atoms with E-state index in [1.165, 1.54) is 11.4 Å². The van der Waals surface area contributed by atoms with Gasteiger partial charge in [-0.3, -0.25) is 10.1 Å². The van der Waals surface area contributed by atoms with Gasteiger partial charge in [0.15, 0.2) is 0 Å². The van der Waals surface area contributed by atoms with Crippen molar-refractivity contribution in [1.29, 1.82) is 0 Å². The van der Waals surface area contributed by atoms with E-state index in [1.54, 1.807) is 0 Å². The van der Waals surface area contributed by atoms with Gasteiger partial charge < -0.3 is 4.90 Å². The highest BCUT2D eigenvalue weighted by Crippen LogP contribution is 2.35. The van der Waals surface area contributed by atoms with Crippen molar-refractivity contribution >= 4 is 28.2 Å². The van der Waals surface area contributed by atoms with Crippen molar-refractivity contribution in [3.63, 3.8) is 0 Å². The summed E-state index contributed by atoms with van der Waals surface area (Å²) in [4.78, 5) is 6.89. The third-order valence-corrected chi connectivity index (χ3v) is 4.99. The minimum absolute atomic E-state index is 0.506. The number of anilines is 1. The van der Waals surface area contributed by atoms with Crippen molar-refractivity contribution in [2.45, 2.75) is 19.3 Å². The summed E-state index contributed by atoms with van der Waals surface area (Å²) >= 11 is 6.42. The fraction of sp³-hybridized carbons (Fsp3) is 0.294. The van der Waals surface area contributed by atoms with Gasteiger partial charge in [-0.1, -0.05) is 23.7 Å². The number of hydrogen-bond donors (Lipinski definition) is 1. The molecule has 1 saturated heterocycles. The number of pyridine rings is 1. The Kier molecular flexibility index (Phi) is 3.26. The van der Waals surface area contributed by atoms with E-state index in [-0.39, 0.29) is 0 Å². The number of aryl methyl sites for hydroxylation is 1. The molecule has 0 saturated carbocycles. The third-order valence-electron chi connectivity index (χ3n) is 4.51. The Morgan fingerprint density at radius 3 is 2.95 bits per heavy atom. The lowest BCUT2D eigenvalue weighted by atomic mass is 10.1. The van der Waals surface area contributed by atoms with Gasteiger partial charge >= 0.3 is 0 Å². The third kappa shape index (κ3) is 2.15. The molecule has 3 aromatic rings. The highest BCUT2D eigenvalue weighted by Gasteiger charge is 2.26. The minimum atomic E-state index is 0.506. The molecule has 1 aliphatic rings. The summed E-state index contributed by atoms with van der Waals surface area (Å²) in [5.41, 5.74) is 4.39. The molecule has 5 heteroatoms. The van der Waals surface area contributed by atoms with Crippen molar-refractivity contribution < 1.29 is 0 Å². The zero-order valence-corrected chi connectivity index (χ0v) is 13.1. The zero-order valence-electron chi connectivity index (χ0n) is 12.4. The maximum absolute atomic E-state index is 6.42. The number of hydrogen-bond acceptors (Lipinski definition) is 3. The average Bonchev–Trinajstić information content (AvgIpc) is 3.21. The van der Waals surface area contributed by atoms with Gasteiger partial charge in [0, 0.05) is 48.2 Å². The molecule has 4 rings (SSSR count). The first-order valence-electron chi connectivity index (χ1n) is 7.52. The molecule has 0 spiro atoms. The van der Waals surface area contributed by atoms with Gasteiger partial charge in [0.25, 0.3) is 0 Å². The Labute approximate surface area is 134 Å². The van der Waals surface area contributed by atoms with Crippen molar-refractivity contribution in [3.8, 4) is 0 Å². The molecular weight excluding hydrogens is 296 g/mol. The van der Waals surface area contributed by atoms with Crippen LogP contribution in [0.1, 0.15) is 23.6 Å². The fourth-order valence-electron chi connectivity index (χ4n) is 3.27. The molecule has 0 aliphatic carbocycles. The normalized spacial score (nSPS) is 18.3. The van der Waals surface area contributed by atoms with E-state index in [0.717, 1.165) is 41.0 Å². The molecule has 4 nitrogen and oxygen atoms in total. The van der Waals surface area contributed by atoms with Crippen molar-refractivity contribution in [3.05, 3.63) is 52.9 Å². The van der Waals surface area contributed by atoms with Crippen LogP contribution in [-0.2, 0) is 0 Å². The Bertz CT molecular complexity index is 813. The van der Waals surface area contributed by atoms with Gasteiger partial charge in [-0.05, 0) is 31.0 Å². The lowest BCUT2D eigenvalue weighted by Gasteiger charge is -2.20. The van der Waals surface area contributed by atoms with Gasteiger partial charge in [0.2, 0.25) is 0 Å². The van der Waals surface area contributed by atoms with Crippen LogP contribution in [0.15, 0.2) is 36.7 Å². The number of halogens is 1. The second-order valence-electron chi connectivity index (χ2n) is 5.87. The van der Waals surface area contributed by atoms with Gasteiger partial charge in [-0.25, -0.2) is 0 Å². The van der Waals surface area contributed by atoms with Crippen LogP contribution in [0.25, 0.3) is 10.9 Å². The molecule has 22 heavy (non-hydrogen) atoms. The first-order valence-corrected chi connectivity index (χ1v) is 7.90. The number of aromatic nitrogens is 3. The number of benzene rings is 1. The van der Waals surface area contributed by atoms with E-state index in [0.29, 0.717) is 5.92 Å². The van der Waals surface area contributed by atoms with Crippen molar-refractivity contribution in [1.82, 2.24) is 15.2 Å². The summed E-state index contributed by atoms with van der Waals surface area (Å²) in [5.74, 6) is 0.506. The Morgan fingerprint density at radius 1 is 1.23 bits per heavy atom. The summed E-state index contributed by atoms with van der Waals surface area (Å²) in [6.45, 7) is 4.04. The number of rotatable bonds is 2. The maximum Gasteiger partial charge on any atom is 0.0911 e. The lowest BCUT2D eigenvalue weighted by molar-refractivity contribution is 0.738. The molecule has 1 aliphatic heterocycles. The van der Waals surface area contributed by atoms with E-state index in [2.05, 4.69) is 44.3 Å². The van der Waals surface area contributed by atoms with E-state index in [4.69, 9.17) is 11.6 Å².